The third-order valence-corrected chi connectivity index (χ3v) is 6.21. The molecule has 1 saturated carbocycles. The maximum absolute atomic E-state index is 13.2. The van der Waals surface area contributed by atoms with Gasteiger partial charge >= 0.3 is 0 Å². The van der Waals surface area contributed by atoms with Gasteiger partial charge in [0.1, 0.15) is 23.2 Å². The predicted molar refractivity (Wildman–Crippen MR) is 110 cm³/mol. The monoisotopic (exact) mass is 412 g/mol. The molecule has 1 aliphatic carbocycles. The molecular formula is C22H25FN4O3. The van der Waals surface area contributed by atoms with Crippen LogP contribution in [0, 0.1) is 17.7 Å². The van der Waals surface area contributed by atoms with Crippen molar-refractivity contribution >= 4 is 17.0 Å². The van der Waals surface area contributed by atoms with Gasteiger partial charge in [-0.15, -0.1) is 0 Å². The number of rotatable bonds is 5. The molecule has 2 aromatic heterocycles. The molecule has 3 aromatic rings. The van der Waals surface area contributed by atoms with Crippen LogP contribution in [0.25, 0.3) is 22.4 Å². The van der Waals surface area contributed by atoms with E-state index in [9.17, 15) is 14.0 Å². The number of hydrogen-bond acceptors (Lipinski definition) is 5. The minimum atomic E-state index is -0.380. The van der Waals surface area contributed by atoms with Crippen molar-refractivity contribution in [2.24, 2.45) is 11.8 Å². The molecule has 0 aliphatic heterocycles. The third-order valence-electron chi connectivity index (χ3n) is 6.21. The van der Waals surface area contributed by atoms with Crippen molar-refractivity contribution in [2.75, 3.05) is 0 Å². The van der Waals surface area contributed by atoms with Gasteiger partial charge in [-0.25, -0.2) is 9.37 Å². The number of hydrogen-bond donors (Lipinski definition) is 1. The first-order chi connectivity index (χ1) is 14.4. The van der Waals surface area contributed by atoms with Crippen LogP contribution in [0.3, 0.4) is 0 Å². The molecule has 1 fully saturated rings. The van der Waals surface area contributed by atoms with Crippen LogP contribution in [-0.4, -0.2) is 26.7 Å². The first-order valence-electron chi connectivity index (χ1n) is 10.3. The van der Waals surface area contributed by atoms with Crippen LogP contribution in [0.2, 0.25) is 0 Å². The summed E-state index contributed by atoms with van der Waals surface area (Å²) in [5, 5.41) is 7.28. The Morgan fingerprint density at radius 1 is 1.27 bits per heavy atom. The Labute approximate surface area is 173 Å². The van der Waals surface area contributed by atoms with E-state index in [1.165, 1.54) is 41.6 Å². The van der Waals surface area contributed by atoms with Gasteiger partial charge < -0.3 is 9.84 Å². The van der Waals surface area contributed by atoms with Crippen molar-refractivity contribution in [1.29, 1.82) is 0 Å². The van der Waals surface area contributed by atoms with Crippen molar-refractivity contribution in [3.05, 3.63) is 46.8 Å². The van der Waals surface area contributed by atoms with Gasteiger partial charge in [0.15, 0.2) is 0 Å². The minimum Gasteiger partial charge on any atom is -0.353 e. The third kappa shape index (κ3) is 3.99. The summed E-state index contributed by atoms with van der Waals surface area (Å²) < 4.78 is 19.8. The summed E-state index contributed by atoms with van der Waals surface area (Å²) in [4.78, 5) is 29.6. The van der Waals surface area contributed by atoms with Crippen LogP contribution in [0.1, 0.15) is 39.5 Å². The first-order valence-corrected chi connectivity index (χ1v) is 10.3. The zero-order valence-corrected chi connectivity index (χ0v) is 17.1. The fourth-order valence-corrected chi connectivity index (χ4v) is 4.13. The zero-order chi connectivity index (χ0) is 21.3. The minimum absolute atomic E-state index is 0.0722. The number of nitrogens with zero attached hydrogens (tertiary/aromatic N) is 3. The lowest BCUT2D eigenvalue weighted by Gasteiger charge is -2.34. The van der Waals surface area contributed by atoms with Crippen LogP contribution >= 0.6 is 0 Å². The van der Waals surface area contributed by atoms with Crippen molar-refractivity contribution in [1.82, 2.24) is 20.0 Å². The highest BCUT2D eigenvalue weighted by Crippen LogP contribution is 2.29. The van der Waals surface area contributed by atoms with Gasteiger partial charge in [-0.2, -0.15) is 0 Å². The highest BCUT2D eigenvalue weighted by atomic mass is 19.1. The first kappa shape index (κ1) is 20.3. The Morgan fingerprint density at radius 3 is 2.80 bits per heavy atom. The lowest BCUT2D eigenvalue weighted by Crippen LogP contribution is -2.44. The van der Waals surface area contributed by atoms with E-state index in [0.29, 0.717) is 23.1 Å². The Kier molecular flexibility index (Phi) is 5.65. The molecule has 0 spiro atoms. The van der Waals surface area contributed by atoms with Gasteiger partial charge in [-0.1, -0.05) is 31.8 Å². The number of aryl methyl sites for hydroxylation is 1. The van der Waals surface area contributed by atoms with E-state index >= 15 is 0 Å². The molecule has 3 atom stereocenters. The average molecular weight is 412 g/mol. The summed E-state index contributed by atoms with van der Waals surface area (Å²) >= 11 is 0. The van der Waals surface area contributed by atoms with E-state index in [1.54, 1.807) is 0 Å². The van der Waals surface area contributed by atoms with Crippen molar-refractivity contribution in [3.63, 3.8) is 0 Å². The molecule has 7 nitrogen and oxygen atoms in total. The molecule has 1 aromatic carbocycles. The smallest absolute Gasteiger partial charge is 0.266 e. The Morgan fingerprint density at radius 2 is 2.03 bits per heavy atom. The fraction of sp³-hybridized carbons (Fsp3) is 0.455. The molecule has 2 heterocycles. The van der Waals surface area contributed by atoms with E-state index < -0.39 is 0 Å². The fourth-order valence-electron chi connectivity index (χ4n) is 4.13. The van der Waals surface area contributed by atoms with E-state index in [1.807, 2.05) is 0 Å². The van der Waals surface area contributed by atoms with Crippen LogP contribution in [-0.2, 0) is 11.3 Å². The largest absolute Gasteiger partial charge is 0.353 e. The van der Waals surface area contributed by atoms with E-state index in [4.69, 9.17) is 4.52 Å². The number of nitrogens with one attached hydrogen (secondary N) is 1. The summed E-state index contributed by atoms with van der Waals surface area (Å²) in [6, 6.07) is 5.83. The van der Waals surface area contributed by atoms with Crippen molar-refractivity contribution in [2.45, 2.75) is 52.1 Å². The molecule has 8 heteroatoms. The molecule has 4 rings (SSSR count). The maximum Gasteiger partial charge on any atom is 0.266 e. The second kappa shape index (κ2) is 8.38. The SMILES string of the molecule is C[C@H]1[C@H](C)CCC[C@H]1NC(=O)CCn1cnc2onc(-c3ccc(F)cc3)c2c1=O. The predicted octanol–water partition coefficient (Wildman–Crippen LogP) is 3.52. The number of amides is 1. The molecule has 0 unspecified atom stereocenters. The summed E-state index contributed by atoms with van der Waals surface area (Å²) in [7, 11) is 0. The summed E-state index contributed by atoms with van der Waals surface area (Å²) in [5.74, 6) is 0.585. The molecule has 0 bridgehead atoms. The molecule has 158 valence electrons. The summed E-state index contributed by atoms with van der Waals surface area (Å²) in [5.41, 5.74) is 0.648. The molecule has 30 heavy (non-hydrogen) atoms. The maximum atomic E-state index is 13.2. The van der Waals surface area contributed by atoms with Gasteiger partial charge in [0.25, 0.3) is 11.3 Å². The van der Waals surface area contributed by atoms with Crippen LogP contribution < -0.4 is 10.9 Å². The lowest BCUT2D eigenvalue weighted by molar-refractivity contribution is -0.122. The number of carbonyl (C=O) groups is 1. The van der Waals surface area contributed by atoms with Gasteiger partial charge in [-0.05, 0) is 42.5 Å². The van der Waals surface area contributed by atoms with E-state index in [-0.39, 0.29) is 47.4 Å². The second-order valence-corrected chi connectivity index (χ2v) is 8.15. The van der Waals surface area contributed by atoms with Gasteiger partial charge in [-0.3, -0.25) is 14.2 Å². The molecule has 0 radical (unpaired) electrons. The number of benzene rings is 1. The van der Waals surface area contributed by atoms with Crippen LogP contribution in [0.4, 0.5) is 4.39 Å². The average Bonchev–Trinajstić information content (AvgIpc) is 3.16. The summed E-state index contributed by atoms with van der Waals surface area (Å²) in [6.07, 6.45) is 4.86. The standard InChI is InChI=1S/C22H25FN4O3/c1-13-4-3-5-17(14(13)2)25-18(28)10-11-27-12-24-21-19(22(27)29)20(26-30-21)15-6-8-16(23)9-7-15/h6-9,12-14,17H,3-5,10-11H2,1-2H3,(H,25,28)/t13-,14+,17-/m1/s1. The number of fused-ring (bicyclic) bond motifs is 1. The van der Waals surface area contributed by atoms with E-state index in [0.717, 1.165) is 12.8 Å². The number of carbonyl (C=O) groups excluding carboxylic acids is 1. The molecule has 1 N–H and O–H groups in total. The quantitative estimate of drug-likeness (QED) is 0.692. The van der Waals surface area contributed by atoms with Crippen LogP contribution in [0.5, 0.6) is 0 Å². The van der Waals surface area contributed by atoms with Gasteiger partial charge in [0.2, 0.25) is 5.91 Å². The Bertz CT molecular complexity index is 1110. The highest BCUT2D eigenvalue weighted by Gasteiger charge is 2.28. The van der Waals surface area contributed by atoms with E-state index in [2.05, 4.69) is 29.3 Å². The zero-order valence-electron chi connectivity index (χ0n) is 17.1. The second-order valence-electron chi connectivity index (χ2n) is 8.15. The van der Waals surface area contributed by atoms with Crippen LogP contribution in [0.15, 0.2) is 39.9 Å². The highest BCUT2D eigenvalue weighted by molar-refractivity contribution is 5.88. The van der Waals surface area contributed by atoms with Crippen molar-refractivity contribution < 1.29 is 13.7 Å². The molecular weight excluding hydrogens is 387 g/mol. The molecule has 1 aliphatic rings. The lowest BCUT2D eigenvalue weighted by atomic mass is 9.78. The van der Waals surface area contributed by atoms with Gasteiger partial charge in [0, 0.05) is 24.6 Å². The normalized spacial score (nSPS) is 21.6. The Hall–Kier alpha value is -3.03. The topological polar surface area (TPSA) is 90.0 Å². The van der Waals surface area contributed by atoms with Gasteiger partial charge in [0.05, 0.1) is 0 Å². The number of halogens is 1. The van der Waals surface area contributed by atoms with Crippen molar-refractivity contribution in [3.8, 4) is 11.3 Å². The molecule has 0 saturated heterocycles. The summed E-state index contributed by atoms with van der Waals surface area (Å²) in [6.45, 7) is 4.61. The molecule has 1 amide bonds. The Balaban J connectivity index is 1.50. The number of aromatic nitrogens is 3.